The SMILES string of the molecule is Cc1cc(Cc2ncc(Cl)c(Cc3ccccc3S(=O)(=O)C(C)C)n2)c(OC(C)C)cc1C1CCN(CC(=O)NCCOCCOCC(=O)C[C@H](C(=O)N2C[C@H](O)C[C@H]2C(=O)NCc2ccc(-c3scnc3C)cc2)C(C)(C)C)CC1. The van der Waals surface area contributed by atoms with Crippen LogP contribution >= 0.6 is 22.9 Å². The minimum Gasteiger partial charge on any atom is -0.491 e. The molecule has 0 spiro atoms. The molecule has 17 nitrogen and oxygen atoms in total. The van der Waals surface area contributed by atoms with Gasteiger partial charge in [0.2, 0.25) is 17.7 Å². The number of thiazole rings is 1. The molecular formula is C61H80ClN7O10S2. The van der Waals surface area contributed by atoms with Crippen molar-refractivity contribution in [2.75, 3.05) is 59.2 Å². The number of aryl methyl sites for hydroxylation is 2. The highest BCUT2D eigenvalue weighted by atomic mass is 35.5. The van der Waals surface area contributed by atoms with Crippen molar-refractivity contribution in [1.29, 1.82) is 0 Å². The number of sulfone groups is 1. The Morgan fingerprint density at radius 2 is 1.62 bits per heavy atom. The number of likely N-dealkylation sites (tertiary alicyclic amines) is 2. The minimum atomic E-state index is -3.52. The molecule has 81 heavy (non-hydrogen) atoms. The predicted octanol–water partition coefficient (Wildman–Crippen LogP) is 8.25. The van der Waals surface area contributed by atoms with Crippen LogP contribution in [0.1, 0.15) is 125 Å². The lowest BCUT2D eigenvalue weighted by molar-refractivity contribution is -0.146. The van der Waals surface area contributed by atoms with E-state index in [-0.39, 0.29) is 106 Å². The second-order valence-corrected chi connectivity index (χ2v) is 26.7. The van der Waals surface area contributed by atoms with Gasteiger partial charge < -0.3 is 34.9 Å². The number of nitrogens with one attached hydrogen (secondary N) is 2. The van der Waals surface area contributed by atoms with Gasteiger partial charge in [-0.1, -0.05) is 80.9 Å². The lowest BCUT2D eigenvalue weighted by atomic mass is 9.77. The summed E-state index contributed by atoms with van der Waals surface area (Å²) in [6, 6.07) is 18.3. The summed E-state index contributed by atoms with van der Waals surface area (Å²) in [5.74, 6) is -0.216. The Morgan fingerprint density at radius 1 is 0.901 bits per heavy atom. The molecule has 438 valence electrons. The van der Waals surface area contributed by atoms with E-state index in [1.165, 1.54) is 10.5 Å². The van der Waals surface area contributed by atoms with Gasteiger partial charge in [-0.15, -0.1) is 11.3 Å². The summed E-state index contributed by atoms with van der Waals surface area (Å²) < 4.78 is 44.1. The molecular weight excluding hydrogens is 1090 g/mol. The number of Topliss-reactive ketones (excluding diaryl/α,β-unsaturated/α-hetero) is 1. The minimum absolute atomic E-state index is 0.00547. The Hall–Kier alpha value is -5.67. The third kappa shape index (κ3) is 17.2. The Bertz CT molecular complexity index is 3080. The number of benzene rings is 3. The van der Waals surface area contributed by atoms with Crippen LogP contribution in [0.4, 0.5) is 0 Å². The molecule has 20 heteroatoms. The first kappa shape index (κ1) is 62.9. The van der Waals surface area contributed by atoms with E-state index in [2.05, 4.69) is 44.6 Å². The first-order valence-corrected chi connectivity index (χ1v) is 30.8. The normalized spacial score (nSPS) is 16.7. The number of aliphatic hydroxyl groups is 1. The van der Waals surface area contributed by atoms with Crippen LogP contribution in [0.25, 0.3) is 10.4 Å². The van der Waals surface area contributed by atoms with Crippen molar-refractivity contribution in [1.82, 2.24) is 35.4 Å². The van der Waals surface area contributed by atoms with Crippen LogP contribution in [-0.4, -0.2) is 144 Å². The maximum atomic E-state index is 14.1. The highest BCUT2D eigenvalue weighted by molar-refractivity contribution is 7.92. The van der Waals surface area contributed by atoms with Gasteiger partial charge in [0.05, 0.1) is 75.5 Å². The molecule has 3 N–H and O–H groups in total. The smallest absolute Gasteiger partial charge is 0.243 e. The van der Waals surface area contributed by atoms with Gasteiger partial charge in [-0.2, -0.15) is 0 Å². The third-order valence-electron chi connectivity index (χ3n) is 15.0. The summed E-state index contributed by atoms with van der Waals surface area (Å²) in [4.78, 5) is 72.4. The number of nitrogens with zero attached hydrogens (tertiary/aromatic N) is 5. The standard InChI is InChI=1S/C61H80ClN7O10S2/c1-38(2)79-54-31-49(40(5)26-46(54)28-56-64-33-51(62)52(67-56)27-45-12-10-11-13-55(45)81(75,76)39(3)4)43-18-21-68(22-19-43)35-57(72)63-20-23-77-24-25-78-36-48(71)29-50(61(7,8)9)60(74)69-34-47(70)30-53(69)59(73)65-32-42-14-16-44(17-15-42)58-41(6)66-37-80-58/h10-17,26,31,33,37-39,43,47,50,53,70H,18-25,27-30,32,34-36H2,1-9H3,(H,63,72)(H,65,73)/t47-,50-,53+/m1/s1. The van der Waals surface area contributed by atoms with Crippen LogP contribution in [0.5, 0.6) is 5.75 Å². The highest BCUT2D eigenvalue weighted by Crippen LogP contribution is 2.37. The second-order valence-electron chi connectivity index (χ2n) is 22.9. The van der Waals surface area contributed by atoms with Gasteiger partial charge in [-0.3, -0.25) is 24.1 Å². The Morgan fingerprint density at radius 3 is 2.30 bits per heavy atom. The number of amides is 3. The van der Waals surface area contributed by atoms with Crippen LogP contribution in [0.3, 0.4) is 0 Å². The number of hydrogen-bond acceptors (Lipinski definition) is 15. The van der Waals surface area contributed by atoms with E-state index in [0.717, 1.165) is 64.5 Å². The summed E-state index contributed by atoms with van der Waals surface area (Å²) in [6.45, 7) is 19.8. The summed E-state index contributed by atoms with van der Waals surface area (Å²) in [5.41, 5.74) is 8.56. The Labute approximate surface area is 486 Å². The molecule has 3 aromatic carbocycles. The number of hydrogen-bond donors (Lipinski definition) is 3. The second kappa shape index (κ2) is 28.5. The predicted molar refractivity (Wildman–Crippen MR) is 314 cm³/mol. The molecule has 2 aliphatic heterocycles. The molecule has 4 heterocycles. The lowest BCUT2D eigenvalue weighted by Crippen LogP contribution is -2.50. The molecule has 2 aromatic heterocycles. The lowest BCUT2D eigenvalue weighted by Gasteiger charge is -2.34. The van der Waals surface area contributed by atoms with Crippen LogP contribution in [-0.2, 0) is 57.9 Å². The largest absolute Gasteiger partial charge is 0.491 e. The number of carbonyl (C=O) groups excluding carboxylic acids is 4. The Kier molecular flexibility index (Phi) is 22.2. The zero-order valence-electron chi connectivity index (χ0n) is 48.3. The molecule has 2 aliphatic rings. The first-order valence-electron chi connectivity index (χ1n) is 28.0. The fourth-order valence-corrected chi connectivity index (χ4v) is 12.7. The number of piperidine rings is 1. The molecule has 0 bridgehead atoms. The topological polar surface area (TPSA) is 220 Å². The number of halogens is 1. The molecule has 3 amide bonds. The van der Waals surface area contributed by atoms with Crippen molar-refractivity contribution in [3.8, 4) is 16.2 Å². The van der Waals surface area contributed by atoms with E-state index in [4.69, 9.17) is 30.8 Å². The van der Waals surface area contributed by atoms with Gasteiger partial charge in [0, 0.05) is 63.0 Å². The van der Waals surface area contributed by atoms with E-state index in [9.17, 15) is 32.7 Å². The van der Waals surface area contributed by atoms with Crippen LogP contribution in [0.2, 0.25) is 5.02 Å². The van der Waals surface area contributed by atoms with Crippen LogP contribution < -0.4 is 15.4 Å². The van der Waals surface area contributed by atoms with E-state index < -0.39 is 38.6 Å². The van der Waals surface area contributed by atoms with Gasteiger partial charge in [-0.05, 0) is 119 Å². The average Bonchev–Trinajstić information content (AvgIpc) is 4.10. The fourth-order valence-electron chi connectivity index (χ4n) is 10.4. The third-order valence-corrected chi connectivity index (χ3v) is 18.5. The quantitative estimate of drug-likeness (QED) is 0.0444. The van der Waals surface area contributed by atoms with Crippen molar-refractivity contribution >= 4 is 56.3 Å². The number of carbonyl (C=O) groups is 4. The van der Waals surface area contributed by atoms with E-state index >= 15 is 0 Å². The van der Waals surface area contributed by atoms with Crippen LogP contribution in [0.15, 0.2) is 77.3 Å². The van der Waals surface area contributed by atoms with Gasteiger partial charge >= 0.3 is 0 Å². The summed E-state index contributed by atoms with van der Waals surface area (Å²) in [7, 11) is -3.52. The zero-order chi connectivity index (χ0) is 58.6. The summed E-state index contributed by atoms with van der Waals surface area (Å²) in [6.07, 6.45) is 3.04. The molecule has 0 saturated carbocycles. The maximum Gasteiger partial charge on any atom is 0.243 e. The number of ether oxygens (including phenoxy) is 3. The first-order chi connectivity index (χ1) is 38.5. The van der Waals surface area contributed by atoms with Gasteiger partial charge in [0.15, 0.2) is 15.6 Å². The monoisotopic (exact) mass is 1170 g/mol. The molecule has 5 aromatic rings. The molecule has 7 rings (SSSR count). The fraction of sp³-hybridized carbons (Fsp3) is 0.525. The molecule has 0 radical (unpaired) electrons. The number of β-amino-alcohol motifs (C(OH)–C–C–N with tert-alkyl or cyclic N) is 1. The molecule has 2 fully saturated rings. The van der Waals surface area contributed by atoms with Gasteiger partial charge in [-0.25, -0.2) is 23.4 Å². The number of ketones is 1. The molecule has 0 unspecified atom stereocenters. The zero-order valence-corrected chi connectivity index (χ0v) is 50.6. The summed E-state index contributed by atoms with van der Waals surface area (Å²) >= 11 is 8.18. The number of aliphatic hydroxyl groups excluding tert-OH is 1. The molecule has 3 atom stereocenters. The van der Waals surface area contributed by atoms with Gasteiger partial charge in [0.1, 0.15) is 24.2 Å². The maximum absolute atomic E-state index is 14.1. The van der Waals surface area contributed by atoms with Crippen molar-refractivity contribution in [2.45, 2.75) is 142 Å². The van der Waals surface area contributed by atoms with Crippen LogP contribution in [0, 0.1) is 25.2 Å². The van der Waals surface area contributed by atoms with E-state index in [1.54, 1.807) is 49.6 Å². The van der Waals surface area contributed by atoms with Crippen molar-refractivity contribution in [3.05, 3.63) is 122 Å². The summed E-state index contributed by atoms with van der Waals surface area (Å²) in [5, 5.41) is 16.3. The average molecular weight is 1170 g/mol. The van der Waals surface area contributed by atoms with Crippen molar-refractivity contribution in [3.63, 3.8) is 0 Å². The van der Waals surface area contributed by atoms with Crippen molar-refractivity contribution < 1.29 is 46.9 Å². The molecule has 2 saturated heterocycles. The molecule has 0 aliphatic carbocycles. The number of aromatic nitrogens is 3. The highest BCUT2D eigenvalue weighted by Gasteiger charge is 2.44. The van der Waals surface area contributed by atoms with E-state index in [1.807, 2.05) is 77.4 Å². The van der Waals surface area contributed by atoms with E-state index in [0.29, 0.717) is 35.1 Å². The Balaban J connectivity index is 0.805. The van der Waals surface area contributed by atoms with Crippen molar-refractivity contribution in [2.24, 2.45) is 11.3 Å². The van der Waals surface area contributed by atoms with Gasteiger partial charge in [0.25, 0.3) is 0 Å². The number of rotatable bonds is 26.